The minimum atomic E-state index is -1.06. The highest BCUT2D eigenvalue weighted by Crippen LogP contribution is 2.34. The van der Waals surface area contributed by atoms with Crippen LogP contribution in [-0.2, 0) is 0 Å². The predicted octanol–water partition coefficient (Wildman–Crippen LogP) is 3.89. The van der Waals surface area contributed by atoms with Crippen molar-refractivity contribution < 1.29 is 19.2 Å². The van der Waals surface area contributed by atoms with Crippen LogP contribution in [0, 0.1) is 22.9 Å². The van der Waals surface area contributed by atoms with Crippen LogP contribution in [0.4, 0.5) is 10.1 Å². The van der Waals surface area contributed by atoms with E-state index >= 15 is 0 Å². The Bertz CT molecular complexity index is 685. The summed E-state index contributed by atoms with van der Waals surface area (Å²) in [7, 11) is 0. The van der Waals surface area contributed by atoms with Gasteiger partial charge in [0.15, 0.2) is 0 Å². The van der Waals surface area contributed by atoms with Gasteiger partial charge in [0.05, 0.1) is 22.7 Å². The molecule has 110 valence electrons. The molecule has 0 amide bonds. The number of benzene rings is 2. The summed E-state index contributed by atoms with van der Waals surface area (Å²) in [6.07, 6.45) is -1.06. The quantitative estimate of drug-likeness (QED) is 0.685. The Labute approximate surface area is 120 Å². The lowest BCUT2D eigenvalue weighted by atomic mass is 10.1. The molecule has 0 spiro atoms. The van der Waals surface area contributed by atoms with Gasteiger partial charge in [0, 0.05) is 6.07 Å². The van der Waals surface area contributed by atoms with E-state index in [4.69, 9.17) is 4.74 Å². The van der Waals surface area contributed by atoms with Crippen LogP contribution in [0.2, 0.25) is 0 Å². The maximum Gasteiger partial charge on any atom is 0.273 e. The van der Waals surface area contributed by atoms with Crippen LogP contribution >= 0.6 is 0 Å². The lowest BCUT2D eigenvalue weighted by Crippen LogP contribution is -2.00. The van der Waals surface area contributed by atoms with E-state index in [2.05, 4.69) is 0 Å². The summed E-state index contributed by atoms with van der Waals surface area (Å²) in [6.45, 7) is 3.14. The largest absolute Gasteiger partial charge is 0.456 e. The Morgan fingerprint density at radius 2 is 2.00 bits per heavy atom. The molecule has 0 radical (unpaired) electrons. The average Bonchev–Trinajstić information content (AvgIpc) is 2.40. The monoisotopic (exact) mass is 291 g/mol. The summed E-state index contributed by atoms with van der Waals surface area (Å²) >= 11 is 0. The van der Waals surface area contributed by atoms with Crippen LogP contribution in [0.1, 0.15) is 24.2 Å². The highest BCUT2D eigenvalue weighted by molar-refractivity contribution is 5.47. The Balaban J connectivity index is 2.45. The van der Waals surface area contributed by atoms with Crippen LogP contribution < -0.4 is 4.74 Å². The van der Waals surface area contributed by atoms with E-state index < -0.39 is 16.8 Å². The predicted molar refractivity (Wildman–Crippen MR) is 74.9 cm³/mol. The third-order valence-corrected chi connectivity index (χ3v) is 3.03. The molecule has 6 heteroatoms. The second kappa shape index (κ2) is 5.88. The standard InChI is InChI=1S/C15H14FNO4/c1-9-6-7-11(17(19)20)8-14(9)21-13-5-3-4-12(16)15(13)10(2)18/h3-8,10,18H,1-2H3. The molecule has 2 rings (SSSR count). The molecule has 0 saturated carbocycles. The molecular weight excluding hydrogens is 277 g/mol. The van der Waals surface area contributed by atoms with Crippen LogP contribution in [0.15, 0.2) is 36.4 Å². The van der Waals surface area contributed by atoms with Gasteiger partial charge in [-0.2, -0.15) is 0 Å². The molecule has 0 aromatic heterocycles. The molecule has 0 heterocycles. The van der Waals surface area contributed by atoms with Crippen molar-refractivity contribution in [1.82, 2.24) is 0 Å². The van der Waals surface area contributed by atoms with E-state index in [1.54, 1.807) is 13.0 Å². The van der Waals surface area contributed by atoms with Gasteiger partial charge in [0.2, 0.25) is 0 Å². The first-order valence-corrected chi connectivity index (χ1v) is 6.29. The maximum absolute atomic E-state index is 13.8. The summed E-state index contributed by atoms with van der Waals surface area (Å²) in [4.78, 5) is 10.3. The zero-order chi connectivity index (χ0) is 15.6. The SMILES string of the molecule is Cc1ccc([N+](=O)[O-])cc1Oc1cccc(F)c1C(C)O. The molecule has 1 atom stereocenters. The first-order chi connectivity index (χ1) is 9.90. The molecule has 0 saturated heterocycles. The first-order valence-electron chi connectivity index (χ1n) is 6.29. The smallest absolute Gasteiger partial charge is 0.273 e. The van der Waals surface area contributed by atoms with Crippen molar-refractivity contribution in [2.24, 2.45) is 0 Å². The van der Waals surface area contributed by atoms with E-state index in [0.717, 1.165) is 0 Å². The van der Waals surface area contributed by atoms with E-state index in [1.807, 2.05) is 0 Å². The Hall–Kier alpha value is -2.47. The molecule has 0 bridgehead atoms. The van der Waals surface area contributed by atoms with Crippen molar-refractivity contribution in [2.45, 2.75) is 20.0 Å². The van der Waals surface area contributed by atoms with Crippen LogP contribution in [0.5, 0.6) is 11.5 Å². The van der Waals surface area contributed by atoms with E-state index in [1.165, 1.54) is 37.3 Å². The molecule has 0 aliphatic carbocycles. The van der Waals surface area contributed by atoms with Gasteiger partial charge in [-0.3, -0.25) is 10.1 Å². The molecule has 2 aromatic carbocycles. The molecule has 5 nitrogen and oxygen atoms in total. The number of rotatable bonds is 4. The fourth-order valence-corrected chi connectivity index (χ4v) is 1.94. The number of aliphatic hydroxyl groups is 1. The lowest BCUT2D eigenvalue weighted by molar-refractivity contribution is -0.384. The van der Waals surface area contributed by atoms with Gasteiger partial charge in [-0.25, -0.2) is 4.39 Å². The average molecular weight is 291 g/mol. The van der Waals surface area contributed by atoms with Crippen molar-refractivity contribution in [3.63, 3.8) is 0 Å². The molecule has 1 unspecified atom stereocenters. The normalized spacial score (nSPS) is 12.0. The fourth-order valence-electron chi connectivity index (χ4n) is 1.94. The number of aliphatic hydroxyl groups excluding tert-OH is 1. The maximum atomic E-state index is 13.8. The van der Waals surface area contributed by atoms with E-state index in [0.29, 0.717) is 5.56 Å². The number of ether oxygens (including phenoxy) is 1. The number of aryl methyl sites for hydroxylation is 1. The number of hydrogen-bond acceptors (Lipinski definition) is 4. The highest BCUT2D eigenvalue weighted by Gasteiger charge is 2.17. The Morgan fingerprint density at radius 3 is 2.62 bits per heavy atom. The number of halogens is 1. The zero-order valence-corrected chi connectivity index (χ0v) is 11.5. The molecule has 0 aliphatic heterocycles. The van der Waals surface area contributed by atoms with Gasteiger partial charge in [0.1, 0.15) is 17.3 Å². The number of nitro groups is 1. The summed E-state index contributed by atoms with van der Waals surface area (Å²) < 4.78 is 19.3. The summed E-state index contributed by atoms with van der Waals surface area (Å²) in [6, 6.07) is 8.35. The summed E-state index contributed by atoms with van der Waals surface area (Å²) in [5.41, 5.74) is 0.565. The third kappa shape index (κ3) is 3.17. The molecule has 1 N–H and O–H groups in total. The van der Waals surface area contributed by atoms with Gasteiger partial charge >= 0.3 is 0 Å². The highest BCUT2D eigenvalue weighted by atomic mass is 19.1. The van der Waals surface area contributed by atoms with E-state index in [9.17, 15) is 19.6 Å². The fraction of sp³-hybridized carbons (Fsp3) is 0.200. The molecular formula is C15H14FNO4. The second-order valence-electron chi connectivity index (χ2n) is 4.64. The topological polar surface area (TPSA) is 72.6 Å². The Morgan fingerprint density at radius 1 is 1.29 bits per heavy atom. The molecule has 0 fully saturated rings. The van der Waals surface area contributed by atoms with Crippen molar-refractivity contribution in [1.29, 1.82) is 0 Å². The third-order valence-electron chi connectivity index (χ3n) is 3.03. The van der Waals surface area contributed by atoms with Crippen LogP contribution in [0.25, 0.3) is 0 Å². The van der Waals surface area contributed by atoms with Crippen molar-refractivity contribution in [2.75, 3.05) is 0 Å². The number of nitro benzene ring substituents is 1. The van der Waals surface area contributed by atoms with Crippen molar-refractivity contribution >= 4 is 5.69 Å². The summed E-state index contributed by atoms with van der Waals surface area (Å²) in [5, 5.41) is 20.4. The second-order valence-corrected chi connectivity index (χ2v) is 4.64. The van der Waals surface area contributed by atoms with Crippen molar-refractivity contribution in [3.8, 4) is 11.5 Å². The van der Waals surface area contributed by atoms with Gasteiger partial charge in [-0.05, 0) is 37.6 Å². The van der Waals surface area contributed by atoms with Crippen LogP contribution in [0.3, 0.4) is 0 Å². The van der Waals surface area contributed by atoms with Crippen molar-refractivity contribution in [3.05, 3.63) is 63.5 Å². The Kier molecular flexibility index (Phi) is 4.18. The zero-order valence-electron chi connectivity index (χ0n) is 11.5. The lowest BCUT2D eigenvalue weighted by Gasteiger charge is -2.15. The van der Waals surface area contributed by atoms with Gasteiger partial charge in [-0.15, -0.1) is 0 Å². The minimum Gasteiger partial charge on any atom is -0.456 e. The number of non-ortho nitro benzene ring substituents is 1. The number of nitrogens with zero attached hydrogens (tertiary/aromatic N) is 1. The summed E-state index contributed by atoms with van der Waals surface area (Å²) in [5.74, 6) is -0.212. The van der Waals surface area contributed by atoms with Gasteiger partial charge in [0.25, 0.3) is 5.69 Å². The minimum absolute atomic E-state index is 0.0170. The molecule has 21 heavy (non-hydrogen) atoms. The van der Waals surface area contributed by atoms with E-state index in [-0.39, 0.29) is 22.7 Å². The van der Waals surface area contributed by atoms with Gasteiger partial charge < -0.3 is 9.84 Å². The van der Waals surface area contributed by atoms with Crippen LogP contribution in [-0.4, -0.2) is 10.0 Å². The molecule has 2 aromatic rings. The van der Waals surface area contributed by atoms with Gasteiger partial charge in [-0.1, -0.05) is 6.07 Å². The number of hydrogen-bond donors (Lipinski definition) is 1. The molecule has 0 aliphatic rings. The first kappa shape index (κ1) is 14.9.